The Labute approximate surface area is 138 Å². The molecule has 0 amide bonds. The Morgan fingerprint density at radius 3 is 2.96 bits per heavy atom. The van der Waals surface area contributed by atoms with Crippen LogP contribution in [0.1, 0.15) is 29.7 Å². The second-order valence-electron chi connectivity index (χ2n) is 5.95. The first-order valence-electron chi connectivity index (χ1n) is 7.55. The Kier molecular flexibility index (Phi) is 3.47. The minimum absolute atomic E-state index is 0.00363. The summed E-state index contributed by atoms with van der Waals surface area (Å²) in [6, 6.07) is 12.6. The summed E-state index contributed by atoms with van der Waals surface area (Å²) in [6.07, 6.45) is 0.894. The van der Waals surface area contributed by atoms with Gasteiger partial charge in [-0.2, -0.15) is 0 Å². The molecule has 0 aliphatic carbocycles. The van der Waals surface area contributed by atoms with Gasteiger partial charge in [0, 0.05) is 40.9 Å². The summed E-state index contributed by atoms with van der Waals surface area (Å²) < 4.78 is 5.94. The quantitative estimate of drug-likeness (QED) is 0.650. The molecule has 2 heterocycles. The first-order valence-corrected chi connectivity index (χ1v) is 7.93. The van der Waals surface area contributed by atoms with E-state index >= 15 is 0 Å². The molecule has 0 bridgehead atoms. The predicted molar refractivity (Wildman–Crippen MR) is 87.7 cm³/mol. The Balaban J connectivity index is 1.77. The third kappa shape index (κ3) is 2.46. The maximum absolute atomic E-state index is 11.0. The van der Waals surface area contributed by atoms with Crippen molar-refractivity contribution in [3.63, 3.8) is 0 Å². The molecule has 0 spiro atoms. The molecule has 2 aliphatic heterocycles. The minimum atomic E-state index is -0.358. The van der Waals surface area contributed by atoms with E-state index in [0.29, 0.717) is 11.6 Å². The first kappa shape index (κ1) is 14.5. The van der Waals surface area contributed by atoms with Gasteiger partial charge in [0.05, 0.1) is 17.1 Å². The number of hydrogen-bond acceptors (Lipinski definition) is 4. The summed E-state index contributed by atoms with van der Waals surface area (Å²) >= 11 is 6.12. The first-order chi connectivity index (χ1) is 11.1. The van der Waals surface area contributed by atoms with Crippen LogP contribution in [-0.4, -0.2) is 11.5 Å². The lowest BCUT2D eigenvalue weighted by atomic mass is 9.81. The number of rotatable bonds is 2. The van der Waals surface area contributed by atoms with Crippen LogP contribution >= 0.6 is 11.6 Å². The van der Waals surface area contributed by atoms with Gasteiger partial charge in [-0.05, 0) is 30.2 Å². The third-order valence-corrected chi connectivity index (χ3v) is 4.87. The summed E-state index contributed by atoms with van der Waals surface area (Å²) in [5, 5.41) is 15.3. The van der Waals surface area contributed by atoms with E-state index in [4.69, 9.17) is 16.3 Å². The number of ether oxygens (including phenoxy) is 1. The average molecular weight is 331 g/mol. The monoisotopic (exact) mass is 330 g/mol. The van der Waals surface area contributed by atoms with Gasteiger partial charge in [-0.15, -0.1) is 0 Å². The zero-order valence-electron chi connectivity index (χ0n) is 12.2. The van der Waals surface area contributed by atoms with Gasteiger partial charge in [0.15, 0.2) is 0 Å². The molecule has 6 heteroatoms. The molecule has 0 saturated carbocycles. The Morgan fingerprint density at radius 2 is 2.13 bits per heavy atom. The molecular weight excluding hydrogens is 316 g/mol. The Hall–Kier alpha value is -2.11. The number of non-ortho nitro benzene ring substituents is 1. The van der Waals surface area contributed by atoms with E-state index in [2.05, 4.69) is 5.32 Å². The van der Waals surface area contributed by atoms with Crippen molar-refractivity contribution in [2.24, 2.45) is 5.92 Å². The average Bonchev–Trinajstić information content (AvgIpc) is 3.04. The van der Waals surface area contributed by atoms with Crippen LogP contribution < -0.4 is 5.32 Å². The number of hydrogen-bond donors (Lipinski definition) is 1. The molecule has 3 atom stereocenters. The fraction of sp³-hybridized carbons (Fsp3) is 0.294. The largest absolute Gasteiger partial charge is 0.378 e. The maximum Gasteiger partial charge on any atom is 0.269 e. The van der Waals surface area contributed by atoms with Crippen LogP contribution in [0.15, 0.2) is 42.5 Å². The topological polar surface area (TPSA) is 64.4 Å². The zero-order chi connectivity index (χ0) is 16.0. The van der Waals surface area contributed by atoms with Crippen molar-refractivity contribution in [3.05, 3.63) is 68.7 Å². The molecule has 2 aromatic rings. The number of anilines is 1. The van der Waals surface area contributed by atoms with Crippen LogP contribution in [0.5, 0.6) is 0 Å². The lowest BCUT2D eigenvalue weighted by Gasteiger charge is -2.36. The second-order valence-corrected chi connectivity index (χ2v) is 6.39. The normalized spacial score (nSPS) is 25.3. The van der Waals surface area contributed by atoms with Crippen molar-refractivity contribution in [1.29, 1.82) is 0 Å². The summed E-state index contributed by atoms with van der Waals surface area (Å²) in [4.78, 5) is 10.7. The Morgan fingerprint density at radius 1 is 1.26 bits per heavy atom. The van der Waals surface area contributed by atoms with E-state index in [1.807, 2.05) is 24.3 Å². The van der Waals surface area contributed by atoms with E-state index in [1.54, 1.807) is 12.1 Å². The number of nitrogens with one attached hydrogen (secondary N) is 1. The van der Waals surface area contributed by atoms with Crippen LogP contribution in [0.2, 0.25) is 5.02 Å². The molecule has 1 N–H and O–H groups in total. The lowest BCUT2D eigenvalue weighted by molar-refractivity contribution is -0.384. The summed E-state index contributed by atoms with van der Waals surface area (Å²) in [5.74, 6) is 0.239. The molecule has 0 unspecified atom stereocenters. The number of nitro groups is 1. The maximum atomic E-state index is 11.0. The molecule has 1 saturated heterocycles. The lowest BCUT2D eigenvalue weighted by Crippen LogP contribution is -2.29. The molecular formula is C17H15ClN2O3. The molecule has 4 rings (SSSR count). The van der Waals surface area contributed by atoms with Crippen LogP contribution in [-0.2, 0) is 4.74 Å². The van der Waals surface area contributed by atoms with Gasteiger partial charge in [0.1, 0.15) is 0 Å². The zero-order valence-corrected chi connectivity index (χ0v) is 13.0. The second kappa shape index (κ2) is 5.51. The van der Waals surface area contributed by atoms with Crippen molar-refractivity contribution >= 4 is 23.0 Å². The fourth-order valence-corrected chi connectivity index (χ4v) is 3.79. The Bertz CT molecular complexity index is 780. The SMILES string of the molecule is O=[N+]([O-])c1cccc([C@@H]2Nc3ccc(Cl)cc3[C@@H]3OCC[C@H]23)c1. The number of halogens is 1. The van der Waals surface area contributed by atoms with Gasteiger partial charge in [-0.25, -0.2) is 0 Å². The summed E-state index contributed by atoms with van der Waals surface area (Å²) in [7, 11) is 0. The van der Waals surface area contributed by atoms with Crippen molar-refractivity contribution in [2.75, 3.05) is 11.9 Å². The summed E-state index contributed by atoms with van der Waals surface area (Å²) in [6.45, 7) is 0.689. The summed E-state index contributed by atoms with van der Waals surface area (Å²) in [5.41, 5.74) is 3.08. The van der Waals surface area contributed by atoms with Crippen molar-refractivity contribution in [2.45, 2.75) is 18.6 Å². The van der Waals surface area contributed by atoms with E-state index in [1.165, 1.54) is 6.07 Å². The fourth-order valence-electron chi connectivity index (χ4n) is 3.61. The standard InChI is InChI=1S/C17H15ClN2O3/c18-11-4-5-15-14(9-11)17-13(6-7-23-17)16(19-15)10-2-1-3-12(8-10)20(21)22/h1-5,8-9,13,16-17,19H,6-7H2/t13-,16+,17-/m1/s1. The van der Waals surface area contributed by atoms with Crippen LogP contribution in [0.4, 0.5) is 11.4 Å². The molecule has 1 fully saturated rings. The minimum Gasteiger partial charge on any atom is -0.378 e. The number of nitro benzene ring substituents is 1. The molecule has 23 heavy (non-hydrogen) atoms. The van der Waals surface area contributed by atoms with Gasteiger partial charge in [0.25, 0.3) is 5.69 Å². The van der Waals surface area contributed by atoms with E-state index in [-0.39, 0.29) is 28.7 Å². The van der Waals surface area contributed by atoms with Gasteiger partial charge in [-0.1, -0.05) is 23.7 Å². The van der Waals surface area contributed by atoms with E-state index in [9.17, 15) is 10.1 Å². The number of benzene rings is 2. The molecule has 2 aromatic carbocycles. The highest BCUT2D eigenvalue weighted by molar-refractivity contribution is 6.30. The third-order valence-electron chi connectivity index (χ3n) is 4.64. The molecule has 2 aliphatic rings. The number of fused-ring (bicyclic) bond motifs is 3. The van der Waals surface area contributed by atoms with Gasteiger partial charge >= 0.3 is 0 Å². The highest BCUT2D eigenvalue weighted by Gasteiger charge is 2.41. The molecule has 118 valence electrons. The smallest absolute Gasteiger partial charge is 0.269 e. The molecule has 5 nitrogen and oxygen atoms in total. The predicted octanol–water partition coefficient (Wildman–Crippen LogP) is 4.49. The highest BCUT2D eigenvalue weighted by atomic mass is 35.5. The van der Waals surface area contributed by atoms with Crippen LogP contribution in [0.25, 0.3) is 0 Å². The van der Waals surface area contributed by atoms with E-state index in [0.717, 1.165) is 23.2 Å². The van der Waals surface area contributed by atoms with Crippen molar-refractivity contribution in [3.8, 4) is 0 Å². The molecule has 0 radical (unpaired) electrons. The van der Waals surface area contributed by atoms with Crippen LogP contribution in [0.3, 0.4) is 0 Å². The van der Waals surface area contributed by atoms with Gasteiger partial charge < -0.3 is 10.1 Å². The van der Waals surface area contributed by atoms with E-state index < -0.39 is 0 Å². The van der Waals surface area contributed by atoms with Crippen molar-refractivity contribution < 1.29 is 9.66 Å². The van der Waals surface area contributed by atoms with Crippen molar-refractivity contribution in [1.82, 2.24) is 0 Å². The number of nitrogens with zero attached hydrogens (tertiary/aromatic N) is 1. The van der Waals surface area contributed by atoms with Gasteiger partial charge in [-0.3, -0.25) is 10.1 Å². The highest BCUT2D eigenvalue weighted by Crippen LogP contribution is 2.50. The molecule has 0 aromatic heterocycles. The van der Waals surface area contributed by atoms with Crippen LogP contribution in [0, 0.1) is 16.0 Å². The van der Waals surface area contributed by atoms with Gasteiger partial charge in [0.2, 0.25) is 0 Å².